The van der Waals surface area contributed by atoms with Gasteiger partial charge in [0.15, 0.2) is 5.76 Å². The van der Waals surface area contributed by atoms with Crippen LogP contribution in [-0.2, 0) is 22.4 Å². The molecule has 30 heavy (non-hydrogen) atoms. The molecule has 3 aliphatic heterocycles. The van der Waals surface area contributed by atoms with Gasteiger partial charge in [-0.15, -0.1) is 0 Å². The first-order valence-corrected chi connectivity index (χ1v) is 11.2. The second-order valence-electron chi connectivity index (χ2n) is 8.86. The Kier molecular flexibility index (Phi) is 6.04. The average molecular weight is 413 g/mol. The Morgan fingerprint density at radius 3 is 2.47 bits per heavy atom. The van der Waals surface area contributed by atoms with E-state index >= 15 is 0 Å². The van der Waals surface area contributed by atoms with E-state index in [0.29, 0.717) is 6.04 Å². The van der Waals surface area contributed by atoms with Crippen LogP contribution in [-0.4, -0.2) is 74.2 Å². The van der Waals surface area contributed by atoms with Gasteiger partial charge in [-0.1, -0.05) is 23.4 Å². The molecule has 5 rings (SSSR count). The number of nitrogens with zero attached hydrogens (tertiary/aromatic N) is 3. The Hall–Kier alpha value is -1.93. The van der Waals surface area contributed by atoms with Gasteiger partial charge in [0.25, 0.3) is 0 Å². The van der Waals surface area contributed by atoms with E-state index in [9.17, 15) is 0 Å². The van der Waals surface area contributed by atoms with Crippen molar-refractivity contribution in [3.05, 3.63) is 47.9 Å². The van der Waals surface area contributed by atoms with Crippen molar-refractivity contribution in [2.75, 3.05) is 57.5 Å². The predicted molar refractivity (Wildman–Crippen MR) is 115 cm³/mol. The fourth-order valence-electron chi connectivity index (χ4n) is 4.74. The number of hydrogen-bond donors (Lipinski definition) is 1. The summed E-state index contributed by atoms with van der Waals surface area (Å²) in [5.41, 5.74) is 2.33. The molecule has 0 saturated carbocycles. The smallest absolute Gasteiger partial charge is 0.150 e. The number of nitrogens with one attached hydrogen (secondary N) is 1. The molecular formula is C23H32N4O3. The Balaban J connectivity index is 1.12. The molecule has 7 heteroatoms. The molecule has 0 bridgehead atoms. The number of benzene rings is 1. The van der Waals surface area contributed by atoms with Crippen molar-refractivity contribution in [2.24, 2.45) is 0 Å². The van der Waals surface area contributed by atoms with Gasteiger partial charge in [0, 0.05) is 63.6 Å². The zero-order valence-corrected chi connectivity index (χ0v) is 17.6. The van der Waals surface area contributed by atoms with Gasteiger partial charge >= 0.3 is 0 Å². The Bertz CT molecular complexity index is 794. The standard InChI is InChI=1S/C23H32N4O3/c1-2-4-21(5-3-1)27-10-8-26(9-11-27)16-22-14-20(25-30-22)15-23(17-29-18-23)24-19-6-12-28-13-7-19/h1-5,14,19,24H,6-13,15-18H2. The number of rotatable bonds is 7. The molecule has 0 radical (unpaired) electrons. The summed E-state index contributed by atoms with van der Waals surface area (Å²) in [4.78, 5) is 4.90. The second kappa shape index (κ2) is 9.06. The maximum absolute atomic E-state index is 5.69. The fourth-order valence-corrected chi connectivity index (χ4v) is 4.74. The topological polar surface area (TPSA) is 63.0 Å². The number of ether oxygens (including phenoxy) is 2. The number of hydrogen-bond acceptors (Lipinski definition) is 7. The van der Waals surface area contributed by atoms with Gasteiger partial charge in [-0.3, -0.25) is 4.90 Å². The van der Waals surface area contributed by atoms with Crippen molar-refractivity contribution in [1.82, 2.24) is 15.4 Å². The van der Waals surface area contributed by atoms with Gasteiger partial charge < -0.3 is 24.2 Å². The number of anilines is 1. The largest absolute Gasteiger partial charge is 0.381 e. The molecule has 0 aliphatic carbocycles. The fraction of sp³-hybridized carbons (Fsp3) is 0.609. The molecule has 4 heterocycles. The molecular weight excluding hydrogens is 380 g/mol. The minimum atomic E-state index is -0.00252. The van der Waals surface area contributed by atoms with E-state index in [1.54, 1.807) is 0 Å². The molecule has 3 saturated heterocycles. The average Bonchev–Trinajstić information content (AvgIpc) is 3.21. The van der Waals surface area contributed by atoms with E-state index in [0.717, 1.165) is 89.9 Å². The number of aromatic nitrogens is 1. The molecule has 3 aliphatic rings. The van der Waals surface area contributed by atoms with Crippen molar-refractivity contribution in [1.29, 1.82) is 0 Å². The summed E-state index contributed by atoms with van der Waals surface area (Å²) in [5.74, 6) is 0.958. The van der Waals surface area contributed by atoms with Crippen molar-refractivity contribution in [3.8, 4) is 0 Å². The molecule has 1 N–H and O–H groups in total. The lowest BCUT2D eigenvalue weighted by molar-refractivity contribution is -0.0854. The molecule has 0 spiro atoms. The van der Waals surface area contributed by atoms with E-state index in [1.165, 1.54) is 5.69 Å². The van der Waals surface area contributed by atoms with Crippen molar-refractivity contribution in [3.63, 3.8) is 0 Å². The van der Waals surface area contributed by atoms with Crippen LogP contribution in [0.2, 0.25) is 0 Å². The maximum atomic E-state index is 5.69. The SMILES string of the molecule is c1ccc(N2CCN(Cc3cc(CC4(NC5CCOCC5)COC4)no3)CC2)cc1. The van der Waals surface area contributed by atoms with Crippen molar-refractivity contribution < 1.29 is 14.0 Å². The first kappa shape index (κ1) is 20.0. The van der Waals surface area contributed by atoms with Gasteiger partial charge in [-0.25, -0.2) is 0 Å². The molecule has 1 aromatic heterocycles. The lowest BCUT2D eigenvalue weighted by atomic mass is 9.89. The van der Waals surface area contributed by atoms with Crippen LogP contribution in [0.25, 0.3) is 0 Å². The summed E-state index contributed by atoms with van der Waals surface area (Å²) < 4.78 is 16.7. The van der Waals surface area contributed by atoms with E-state index in [1.807, 2.05) is 0 Å². The highest BCUT2D eigenvalue weighted by Crippen LogP contribution is 2.25. The lowest BCUT2D eigenvalue weighted by Gasteiger charge is -2.45. The first-order valence-electron chi connectivity index (χ1n) is 11.2. The van der Waals surface area contributed by atoms with Crippen LogP contribution < -0.4 is 10.2 Å². The lowest BCUT2D eigenvalue weighted by Crippen LogP contribution is -2.65. The van der Waals surface area contributed by atoms with Gasteiger partial charge in [0.05, 0.1) is 31.0 Å². The highest BCUT2D eigenvalue weighted by molar-refractivity contribution is 5.46. The van der Waals surface area contributed by atoms with Crippen LogP contribution in [0.15, 0.2) is 40.9 Å². The highest BCUT2D eigenvalue weighted by Gasteiger charge is 2.41. The summed E-state index contributed by atoms with van der Waals surface area (Å²) in [5, 5.41) is 8.20. The predicted octanol–water partition coefficient (Wildman–Crippen LogP) is 2.08. The summed E-state index contributed by atoms with van der Waals surface area (Å²) in [6.07, 6.45) is 3.00. The monoisotopic (exact) mass is 412 g/mol. The first-order chi connectivity index (χ1) is 14.8. The van der Waals surface area contributed by atoms with E-state index in [2.05, 4.69) is 56.7 Å². The molecule has 0 atom stereocenters. The molecule has 2 aromatic rings. The summed E-state index contributed by atoms with van der Waals surface area (Å²) >= 11 is 0. The van der Waals surface area contributed by atoms with E-state index in [4.69, 9.17) is 14.0 Å². The van der Waals surface area contributed by atoms with Crippen molar-refractivity contribution >= 4 is 5.69 Å². The van der Waals surface area contributed by atoms with Gasteiger partial charge in [0.1, 0.15) is 0 Å². The molecule has 0 amide bonds. The van der Waals surface area contributed by atoms with Gasteiger partial charge in [0.2, 0.25) is 0 Å². The molecule has 0 unspecified atom stereocenters. The molecule has 162 valence electrons. The Morgan fingerprint density at radius 1 is 1.00 bits per heavy atom. The minimum Gasteiger partial charge on any atom is -0.381 e. The zero-order valence-electron chi connectivity index (χ0n) is 17.6. The van der Waals surface area contributed by atoms with Crippen LogP contribution in [0.5, 0.6) is 0 Å². The van der Waals surface area contributed by atoms with E-state index in [-0.39, 0.29) is 5.54 Å². The number of piperazine rings is 1. The highest BCUT2D eigenvalue weighted by atomic mass is 16.5. The second-order valence-corrected chi connectivity index (χ2v) is 8.86. The van der Waals surface area contributed by atoms with Crippen LogP contribution >= 0.6 is 0 Å². The Labute approximate surface area is 178 Å². The summed E-state index contributed by atoms with van der Waals surface area (Å²) in [6.45, 7) is 8.16. The summed E-state index contributed by atoms with van der Waals surface area (Å²) in [6, 6.07) is 13.3. The van der Waals surface area contributed by atoms with Crippen LogP contribution in [0.1, 0.15) is 24.3 Å². The van der Waals surface area contributed by atoms with Crippen LogP contribution in [0, 0.1) is 0 Å². The minimum absolute atomic E-state index is 0.00252. The van der Waals surface area contributed by atoms with Gasteiger partial charge in [-0.05, 0) is 25.0 Å². The van der Waals surface area contributed by atoms with Crippen LogP contribution in [0.4, 0.5) is 5.69 Å². The quantitative estimate of drug-likeness (QED) is 0.747. The normalized spacial score (nSPS) is 22.7. The van der Waals surface area contributed by atoms with Crippen molar-refractivity contribution in [2.45, 2.75) is 37.4 Å². The molecule has 3 fully saturated rings. The number of para-hydroxylation sites is 1. The third-order valence-electron chi connectivity index (χ3n) is 6.49. The maximum Gasteiger partial charge on any atom is 0.150 e. The zero-order chi connectivity index (χ0) is 20.2. The summed E-state index contributed by atoms with van der Waals surface area (Å²) in [7, 11) is 0. The van der Waals surface area contributed by atoms with Gasteiger partial charge in [-0.2, -0.15) is 0 Å². The van der Waals surface area contributed by atoms with Crippen LogP contribution in [0.3, 0.4) is 0 Å². The Morgan fingerprint density at radius 2 is 1.77 bits per heavy atom. The third kappa shape index (κ3) is 4.70. The molecule has 7 nitrogen and oxygen atoms in total. The van der Waals surface area contributed by atoms with E-state index < -0.39 is 0 Å². The third-order valence-corrected chi connectivity index (χ3v) is 6.49. The molecule has 1 aromatic carbocycles.